The first-order valence-electron chi connectivity index (χ1n) is 3.14. The van der Waals surface area contributed by atoms with E-state index in [9.17, 15) is 0 Å². The minimum atomic E-state index is 0.0114. The molecule has 1 aromatic rings. The highest BCUT2D eigenvalue weighted by atomic mass is 35.5. The van der Waals surface area contributed by atoms with Crippen molar-refractivity contribution in [2.45, 2.75) is 0 Å². The molecule has 1 rings (SSSR count). The van der Waals surface area contributed by atoms with Crippen molar-refractivity contribution in [3.8, 4) is 5.75 Å². The molecule has 0 spiro atoms. The lowest BCUT2D eigenvalue weighted by molar-refractivity contribution is 0.473. The minimum Gasteiger partial charge on any atom is -0.505 e. The van der Waals surface area contributed by atoms with Crippen molar-refractivity contribution in [2.75, 3.05) is 19.0 Å². The van der Waals surface area contributed by atoms with E-state index in [0.717, 1.165) is 5.82 Å². The summed E-state index contributed by atoms with van der Waals surface area (Å²) >= 11 is 5.57. The third-order valence-electron chi connectivity index (χ3n) is 1.27. The Balaban J connectivity index is 3.05. The minimum absolute atomic E-state index is 0.0114. The van der Waals surface area contributed by atoms with Crippen molar-refractivity contribution in [1.82, 2.24) is 4.98 Å². The second-order valence-electron chi connectivity index (χ2n) is 2.37. The highest BCUT2D eigenvalue weighted by molar-refractivity contribution is 6.30. The number of aromatic hydroxyl groups is 1. The fourth-order valence-corrected chi connectivity index (χ4v) is 0.816. The summed E-state index contributed by atoms with van der Waals surface area (Å²) in [5.41, 5.74) is 0. The predicted octanol–water partition coefficient (Wildman–Crippen LogP) is 1.51. The summed E-state index contributed by atoms with van der Waals surface area (Å²) in [6, 6.07) is 3.21. The molecule has 0 bridgehead atoms. The van der Waals surface area contributed by atoms with Gasteiger partial charge in [-0.3, -0.25) is 0 Å². The number of nitrogens with zero attached hydrogens (tertiary/aromatic N) is 2. The Labute approximate surface area is 70.2 Å². The fraction of sp³-hybridized carbons (Fsp3) is 0.286. The summed E-state index contributed by atoms with van der Waals surface area (Å²) in [7, 11) is 3.71. The topological polar surface area (TPSA) is 36.4 Å². The average molecular weight is 173 g/mol. The van der Waals surface area contributed by atoms with Crippen molar-refractivity contribution in [3.05, 3.63) is 17.3 Å². The summed E-state index contributed by atoms with van der Waals surface area (Å²) in [6.45, 7) is 0. The van der Waals surface area contributed by atoms with Gasteiger partial charge in [0.15, 0.2) is 10.9 Å². The van der Waals surface area contributed by atoms with E-state index in [1.807, 2.05) is 19.0 Å². The van der Waals surface area contributed by atoms with Gasteiger partial charge in [-0.25, -0.2) is 4.98 Å². The van der Waals surface area contributed by atoms with Gasteiger partial charge < -0.3 is 10.0 Å². The molecule has 1 aromatic heterocycles. The molecule has 11 heavy (non-hydrogen) atoms. The number of halogens is 1. The summed E-state index contributed by atoms with van der Waals surface area (Å²) < 4.78 is 0. The zero-order valence-electron chi connectivity index (χ0n) is 6.37. The summed E-state index contributed by atoms with van der Waals surface area (Å²) in [5.74, 6) is 0.741. The lowest BCUT2D eigenvalue weighted by Crippen LogP contribution is -2.10. The van der Waals surface area contributed by atoms with Gasteiger partial charge in [-0.15, -0.1) is 0 Å². The zero-order chi connectivity index (χ0) is 8.43. The Kier molecular flexibility index (Phi) is 2.19. The molecular formula is C7H9ClN2O. The van der Waals surface area contributed by atoms with Gasteiger partial charge in [-0.1, -0.05) is 11.6 Å². The Hall–Kier alpha value is -0.960. The Morgan fingerprint density at radius 3 is 2.55 bits per heavy atom. The van der Waals surface area contributed by atoms with Gasteiger partial charge in [0.05, 0.1) is 0 Å². The molecule has 1 heterocycles. The highest BCUT2D eigenvalue weighted by Gasteiger charge is 2.01. The van der Waals surface area contributed by atoms with E-state index in [2.05, 4.69) is 4.98 Å². The number of anilines is 1. The van der Waals surface area contributed by atoms with Crippen LogP contribution < -0.4 is 4.90 Å². The third kappa shape index (κ3) is 1.74. The van der Waals surface area contributed by atoms with E-state index < -0.39 is 0 Å². The van der Waals surface area contributed by atoms with Crippen molar-refractivity contribution in [2.24, 2.45) is 0 Å². The van der Waals surface area contributed by atoms with Crippen LogP contribution in [-0.4, -0.2) is 24.2 Å². The molecule has 0 aliphatic carbocycles. The Morgan fingerprint density at radius 1 is 1.45 bits per heavy atom. The first-order valence-corrected chi connectivity index (χ1v) is 3.52. The number of hydrogen-bond donors (Lipinski definition) is 1. The van der Waals surface area contributed by atoms with Gasteiger partial charge in [0.2, 0.25) is 0 Å². The maximum atomic E-state index is 9.01. The van der Waals surface area contributed by atoms with Crippen LogP contribution in [-0.2, 0) is 0 Å². The maximum Gasteiger partial charge on any atom is 0.173 e. The van der Waals surface area contributed by atoms with Crippen LogP contribution >= 0.6 is 11.6 Å². The first-order chi connectivity index (χ1) is 5.11. The van der Waals surface area contributed by atoms with Gasteiger partial charge in [-0.05, 0) is 12.1 Å². The van der Waals surface area contributed by atoms with Crippen molar-refractivity contribution in [3.63, 3.8) is 0 Å². The molecule has 0 radical (unpaired) electrons. The van der Waals surface area contributed by atoms with Crippen LogP contribution in [0.15, 0.2) is 12.1 Å². The van der Waals surface area contributed by atoms with Crippen molar-refractivity contribution < 1.29 is 5.11 Å². The Bertz CT molecular complexity index is 263. The van der Waals surface area contributed by atoms with E-state index in [1.165, 1.54) is 6.07 Å². The van der Waals surface area contributed by atoms with Crippen LogP contribution in [0.25, 0.3) is 0 Å². The van der Waals surface area contributed by atoms with Crippen LogP contribution in [0.2, 0.25) is 5.15 Å². The Morgan fingerprint density at radius 2 is 2.09 bits per heavy atom. The largest absolute Gasteiger partial charge is 0.505 e. The molecule has 3 nitrogen and oxygen atoms in total. The standard InChI is InChI=1S/C7H9ClN2O/c1-10(2)6-4-3-5(11)7(8)9-6/h3-4,11H,1-2H3. The molecule has 0 aliphatic heterocycles. The molecule has 60 valence electrons. The monoisotopic (exact) mass is 172 g/mol. The quantitative estimate of drug-likeness (QED) is 0.653. The smallest absolute Gasteiger partial charge is 0.173 e. The van der Waals surface area contributed by atoms with Crippen molar-refractivity contribution >= 4 is 17.4 Å². The van der Waals surface area contributed by atoms with Crippen molar-refractivity contribution in [1.29, 1.82) is 0 Å². The van der Waals surface area contributed by atoms with E-state index >= 15 is 0 Å². The third-order valence-corrected chi connectivity index (χ3v) is 1.55. The fourth-order valence-electron chi connectivity index (χ4n) is 0.666. The van der Waals surface area contributed by atoms with Crippen LogP contribution in [0.3, 0.4) is 0 Å². The molecule has 4 heteroatoms. The SMILES string of the molecule is CN(C)c1ccc(O)c(Cl)n1. The second kappa shape index (κ2) is 2.96. The number of hydrogen-bond acceptors (Lipinski definition) is 3. The molecule has 0 aliphatic rings. The summed E-state index contributed by atoms with van der Waals surface area (Å²) in [5, 5.41) is 9.15. The van der Waals surface area contributed by atoms with Gasteiger partial charge in [-0.2, -0.15) is 0 Å². The zero-order valence-corrected chi connectivity index (χ0v) is 7.13. The van der Waals surface area contributed by atoms with Gasteiger partial charge in [0, 0.05) is 14.1 Å². The lowest BCUT2D eigenvalue weighted by atomic mass is 10.4. The number of rotatable bonds is 1. The van der Waals surface area contributed by atoms with Crippen LogP contribution in [0.1, 0.15) is 0 Å². The van der Waals surface area contributed by atoms with Gasteiger partial charge >= 0.3 is 0 Å². The van der Waals surface area contributed by atoms with E-state index in [-0.39, 0.29) is 10.9 Å². The number of aromatic nitrogens is 1. The van der Waals surface area contributed by atoms with E-state index in [0.29, 0.717) is 0 Å². The maximum absolute atomic E-state index is 9.01. The average Bonchev–Trinajstić information content (AvgIpc) is 1.94. The first kappa shape index (κ1) is 8.14. The molecule has 0 unspecified atom stereocenters. The molecule has 1 N–H and O–H groups in total. The molecule has 0 amide bonds. The van der Waals surface area contributed by atoms with Gasteiger partial charge in [0.1, 0.15) is 5.82 Å². The molecule has 0 atom stereocenters. The van der Waals surface area contributed by atoms with E-state index in [4.69, 9.17) is 16.7 Å². The van der Waals surface area contributed by atoms with Crippen LogP contribution in [0, 0.1) is 0 Å². The number of pyridine rings is 1. The highest BCUT2D eigenvalue weighted by Crippen LogP contribution is 2.22. The molecular weight excluding hydrogens is 164 g/mol. The second-order valence-corrected chi connectivity index (χ2v) is 2.73. The van der Waals surface area contributed by atoms with Gasteiger partial charge in [0.25, 0.3) is 0 Å². The molecule has 0 fully saturated rings. The summed E-state index contributed by atoms with van der Waals surface area (Å²) in [4.78, 5) is 5.72. The molecule has 0 aromatic carbocycles. The summed E-state index contributed by atoms with van der Waals surface area (Å²) in [6.07, 6.45) is 0. The predicted molar refractivity (Wildman–Crippen MR) is 45.2 cm³/mol. The molecule has 0 saturated carbocycles. The van der Waals surface area contributed by atoms with Crippen LogP contribution in [0.4, 0.5) is 5.82 Å². The lowest BCUT2D eigenvalue weighted by Gasteiger charge is -2.10. The normalized spacial score (nSPS) is 9.73. The molecule has 0 saturated heterocycles. The van der Waals surface area contributed by atoms with E-state index in [1.54, 1.807) is 6.07 Å². The van der Waals surface area contributed by atoms with Crippen LogP contribution in [0.5, 0.6) is 5.75 Å².